The Balaban J connectivity index is 1.77. The minimum atomic E-state index is -0.317. The zero-order valence-electron chi connectivity index (χ0n) is 15.1. The van der Waals surface area contributed by atoms with Crippen LogP contribution in [0.4, 0.5) is 0 Å². The molecule has 0 bridgehead atoms. The van der Waals surface area contributed by atoms with Gasteiger partial charge in [0, 0.05) is 17.5 Å². The molecule has 1 aromatic heterocycles. The van der Waals surface area contributed by atoms with E-state index >= 15 is 0 Å². The Morgan fingerprint density at radius 1 is 1.27 bits per heavy atom. The van der Waals surface area contributed by atoms with Crippen molar-refractivity contribution < 1.29 is 14.3 Å². The maximum absolute atomic E-state index is 11.7. The summed E-state index contributed by atoms with van der Waals surface area (Å²) in [6.45, 7) is 6.09. The third-order valence-corrected chi connectivity index (χ3v) is 4.06. The summed E-state index contributed by atoms with van der Waals surface area (Å²) in [5, 5.41) is 8.25. The Kier molecular flexibility index (Phi) is 7.35. The molecule has 0 spiro atoms. The van der Waals surface area contributed by atoms with E-state index in [4.69, 9.17) is 4.74 Å². The number of carbonyl (C=O) groups is 2. The number of nitrogens with one attached hydrogen (secondary N) is 2. The maximum atomic E-state index is 11.7. The van der Waals surface area contributed by atoms with Crippen LogP contribution in [-0.2, 0) is 16.2 Å². The lowest BCUT2D eigenvalue weighted by atomic mass is 10.2. The Hall–Kier alpha value is -2.67. The molecular weight excluding hydrogens is 350 g/mol. The molecule has 2 rings (SSSR count). The summed E-state index contributed by atoms with van der Waals surface area (Å²) in [5.74, 6) is 0.212. The van der Waals surface area contributed by atoms with Crippen molar-refractivity contribution in [3.8, 4) is 5.75 Å². The van der Waals surface area contributed by atoms with E-state index in [0.29, 0.717) is 6.61 Å². The van der Waals surface area contributed by atoms with Crippen molar-refractivity contribution in [2.45, 2.75) is 33.4 Å². The van der Waals surface area contributed by atoms with Crippen molar-refractivity contribution in [3.05, 3.63) is 52.0 Å². The van der Waals surface area contributed by atoms with Gasteiger partial charge in [-0.15, -0.1) is 11.3 Å². The Morgan fingerprint density at radius 2 is 2.00 bits per heavy atom. The van der Waals surface area contributed by atoms with Crippen LogP contribution in [0.1, 0.15) is 30.1 Å². The first-order chi connectivity index (χ1) is 12.4. The van der Waals surface area contributed by atoms with Crippen molar-refractivity contribution in [3.63, 3.8) is 0 Å². The highest BCUT2D eigenvalue weighted by Gasteiger charge is 2.04. The van der Waals surface area contributed by atoms with Crippen molar-refractivity contribution in [1.29, 1.82) is 0 Å². The van der Waals surface area contributed by atoms with Crippen LogP contribution in [0.3, 0.4) is 0 Å². The number of ether oxygens (including phenoxy) is 1. The standard InChI is InChI=1S/C19H23N3O3S/c1-13(2)21-19(24)10-20-18(23)9-6-15-4-7-17(8-5-15)25-11-16-12-26-14(3)22-16/h4-9,12-13H,10-11H2,1-3H3,(H,20,23)(H,21,24)/b9-6+. The quantitative estimate of drug-likeness (QED) is 0.697. The number of aryl methyl sites for hydroxylation is 1. The molecule has 1 heterocycles. The van der Waals surface area contributed by atoms with E-state index in [9.17, 15) is 9.59 Å². The van der Waals surface area contributed by atoms with Gasteiger partial charge in [0.25, 0.3) is 0 Å². The van der Waals surface area contributed by atoms with Crippen molar-refractivity contribution >= 4 is 29.2 Å². The van der Waals surface area contributed by atoms with Crippen molar-refractivity contribution in [2.24, 2.45) is 0 Å². The SMILES string of the molecule is Cc1nc(COc2ccc(/C=C/C(=O)NCC(=O)NC(C)C)cc2)cs1. The van der Waals surface area contributed by atoms with Crippen LogP contribution in [0.5, 0.6) is 5.75 Å². The van der Waals surface area contributed by atoms with E-state index in [-0.39, 0.29) is 24.4 Å². The number of hydrogen-bond acceptors (Lipinski definition) is 5. The minimum Gasteiger partial charge on any atom is -0.487 e. The third-order valence-electron chi connectivity index (χ3n) is 3.23. The van der Waals surface area contributed by atoms with Gasteiger partial charge in [0.1, 0.15) is 12.4 Å². The van der Waals surface area contributed by atoms with Crippen LogP contribution < -0.4 is 15.4 Å². The molecule has 6 nitrogen and oxygen atoms in total. The zero-order valence-corrected chi connectivity index (χ0v) is 15.9. The van der Waals surface area contributed by atoms with E-state index in [1.165, 1.54) is 6.08 Å². The summed E-state index contributed by atoms with van der Waals surface area (Å²) in [7, 11) is 0. The molecule has 1 aromatic carbocycles. The van der Waals surface area contributed by atoms with Gasteiger partial charge >= 0.3 is 0 Å². The Morgan fingerprint density at radius 3 is 2.62 bits per heavy atom. The van der Waals surface area contributed by atoms with Gasteiger partial charge in [-0.3, -0.25) is 9.59 Å². The summed E-state index contributed by atoms with van der Waals surface area (Å²) in [5.41, 5.74) is 1.78. The second-order valence-corrected chi connectivity index (χ2v) is 7.05. The molecule has 0 radical (unpaired) electrons. The largest absolute Gasteiger partial charge is 0.487 e. The van der Waals surface area contributed by atoms with Crippen LogP contribution in [0.25, 0.3) is 6.08 Å². The van der Waals surface area contributed by atoms with E-state index in [0.717, 1.165) is 22.0 Å². The number of aromatic nitrogens is 1. The number of rotatable bonds is 8. The van der Waals surface area contributed by atoms with Crippen LogP contribution >= 0.6 is 11.3 Å². The Bertz CT molecular complexity index is 767. The first-order valence-electron chi connectivity index (χ1n) is 8.31. The summed E-state index contributed by atoms with van der Waals surface area (Å²) in [6.07, 6.45) is 3.08. The normalized spacial score (nSPS) is 10.9. The topological polar surface area (TPSA) is 80.3 Å². The monoisotopic (exact) mass is 373 g/mol. The number of amides is 2. The smallest absolute Gasteiger partial charge is 0.244 e. The molecule has 0 unspecified atom stereocenters. The molecule has 2 amide bonds. The predicted molar refractivity (Wildman–Crippen MR) is 103 cm³/mol. The van der Waals surface area contributed by atoms with Gasteiger partial charge in [0.15, 0.2) is 0 Å². The number of benzene rings is 1. The zero-order chi connectivity index (χ0) is 18.9. The lowest BCUT2D eigenvalue weighted by Crippen LogP contribution is -2.39. The van der Waals surface area contributed by atoms with Gasteiger partial charge < -0.3 is 15.4 Å². The van der Waals surface area contributed by atoms with Gasteiger partial charge in [-0.05, 0) is 44.5 Å². The lowest BCUT2D eigenvalue weighted by Gasteiger charge is -2.08. The molecule has 0 aliphatic rings. The number of nitrogens with zero attached hydrogens (tertiary/aromatic N) is 1. The van der Waals surface area contributed by atoms with Crippen molar-refractivity contribution in [1.82, 2.24) is 15.6 Å². The predicted octanol–water partition coefficient (Wildman–Crippen LogP) is 2.68. The molecule has 2 N–H and O–H groups in total. The number of carbonyl (C=O) groups excluding carboxylic acids is 2. The summed E-state index contributed by atoms with van der Waals surface area (Å²) in [6, 6.07) is 7.45. The molecule has 138 valence electrons. The average Bonchev–Trinajstić information content (AvgIpc) is 3.02. The van der Waals surface area contributed by atoms with Gasteiger partial charge in [0.2, 0.25) is 11.8 Å². The fourth-order valence-corrected chi connectivity index (χ4v) is 2.68. The second-order valence-electron chi connectivity index (χ2n) is 5.99. The Labute approximate surface area is 157 Å². The fraction of sp³-hybridized carbons (Fsp3) is 0.316. The maximum Gasteiger partial charge on any atom is 0.244 e. The average molecular weight is 373 g/mol. The van der Waals surface area contributed by atoms with Gasteiger partial charge in [0.05, 0.1) is 17.2 Å². The molecule has 0 saturated heterocycles. The molecule has 0 atom stereocenters. The molecule has 0 aliphatic heterocycles. The number of thiazole rings is 1. The molecule has 26 heavy (non-hydrogen) atoms. The van der Waals surface area contributed by atoms with Gasteiger partial charge in [-0.1, -0.05) is 12.1 Å². The summed E-state index contributed by atoms with van der Waals surface area (Å²) < 4.78 is 5.68. The highest BCUT2D eigenvalue weighted by atomic mass is 32.1. The molecule has 0 fully saturated rings. The fourth-order valence-electron chi connectivity index (χ4n) is 2.08. The third kappa shape index (κ3) is 7.06. The van der Waals surface area contributed by atoms with E-state index in [1.807, 2.05) is 50.4 Å². The molecule has 7 heteroatoms. The van der Waals surface area contributed by atoms with E-state index in [1.54, 1.807) is 17.4 Å². The summed E-state index contributed by atoms with van der Waals surface area (Å²) >= 11 is 1.60. The van der Waals surface area contributed by atoms with Gasteiger partial charge in [-0.25, -0.2) is 4.98 Å². The first-order valence-corrected chi connectivity index (χ1v) is 9.19. The van der Waals surface area contributed by atoms with E-state index < -0.39 is 0 Å². The van der Waals surface area contributed by atoms with Crippen LogP contribution in [0.15, 0.2) is 35.7 Å². The molecular formula is C19H23N3O3S. The van der Waals surface area contributed by atoms with Crippen LogP contribution in [-0.4, -0.2) is 29.4 Å². The van der Waals surface area contributed by atoms with Crippen LogP contribution in [0, 0.1) is 6.92 Å². The highest BCUT2D eigenvalue weighted by Crippen LogP contribution is 2.16. The van der Waals surface area contributed by atoms with Crippen LogP contribution in [0.2, 0.25) is 0 Å². The molecule has 2 aromatic rings. The van der Waals surface area contributed by atoms with Gasteiger partial charge in [-0.2, -0.15) is 0 Å². The second kappa shape index (κ2) is 9.72. The highest BCUT2D eigenvalue weighted by molar-refractivity contribution is 7.09. The van der Waals surface area contributed by atoms with E-state index in [2.05, 4.69) is 15.6 Å². The lowest BCUT2D eigenvalue weighted by molar-refractivity contribution is -0.124. The molecule has 0 saturated carbocycles. The molecule has 0 aliphatic carbocycles. The number of hydrogen-bond donors (Lipinski definition) is 2. The summed E-state index contributed by atoms with van der Waals surface area (Å²) in [4.78, 5) is 27.5. The minimum absolute atomic E-state index is 0.0375. The first kappa shape index (κ1) is 19.7. The van der Waals surface area contributed by atoms with Crippen molar-refractivity contribution in [2.75, 3.05) is 6.54 Å².